The lowest BCUT2D eigenvalue weighted by molar-refractivity contribution is -0.146. The van der Waals surface area contributed by atoms with Crippen molar-refractivity contribution < 1.29 is 9.53 Å². The van der Waals surface area contributed by atoms with Crippen molar-refractivity contribution in [2.75, 3.05) is 0 Å². The molecular formula is C14H21NO2. The van der Waals surface area contributed by atoms with Crippen LogP contribution in [0.1, 0.15) is 32.8 Å². The highest BCUT2D eigenvalue weighted by molar-refractivity contribution is 5.70. The molecule has 1 atom stereocenters. The van der Waals surface area contributed by atoms with E-state index in [0.717, 1.165) is 5.56 Å². The molecule has 1 aromatic rings. The second-order valence-corrected chi connectivity index (χ2v) is 5.32. The molecule has 0 saturated heterocycles. The second-order valence-electron chi connectivity index (χ2n) is 5.32. The molecule has 0 aliphatic rings. The maximum atomic E-state index is 11.6. The summed E-state index contributed by atoms with van der Waals surface area (Å²) in [5.74, 6) is -0.240. The van der Waals surface area contributed by atoms with E-state index in [1.54, 1.807) is 0 Å². The summed E-state index contributed by atoms with van der Waals surface area (Å²) in [6, 6.07) is 9.45. The van der Waals surface area contributed by atoms with Crippen molar-refractivity contribution in [3.05, 3.63) is 35.9 Å². The maximum absolute atomic E-state index is 11.6. The number of nitrogens with two attached hydrogens (primary N) is 1. The Morgan fingerprint density at radius 2 is 1.88 bits per heavy atom. The first-order valence-corrected chi connectivity index (χ1v) is 5.84. The number of hydrogen-bond donors (Lipinski definition) is 1. The summed E-state index contributed by atoms with van der Waals surface area (Å²) >= 11 is 0. The van der Waals surface area contributed by atoms with E-state index in [1.807, 2.05) is 51.1 Å². The molecule has 0 aliphatic carbocycles. The van der Waals surface area contributed by atoms with Gasteiger partial charge in [0.05, 0.1) is 6.42 Å². The van der Waals surface area contributed by atoms with Gasteiger partial charge in [-0.05, 0) is 11.0 Å². The Balaban J connectivity index is 2.36. The minimum atomic E-state index is -0.240. The van der Waals surface area contributed by atoms with Crippen LogP contribution in [0.4, 0.5) is 0 Å². The van der Waals surface area contributed by atoms with Gasteiger partial charge in [0.1, 0.15) is 6.61 Å². The summed E-state index contributed by atoms with van der Waals surface area (Å²) in [5.41, 5.74) is 6.83. The molecule has 0 radical (unpaired) electrons. The molecule has 1 aromatic carbocycles. The average molecular weight is 235 g/mol. The van der Waals surface area contributed by atoms with Crippen LogP contribution in [-0.2, 0) is 16.1 Å². The predicted molar refractivity (Wildman–Crippen MR) is 68.3 cm³/mol. The molecule has 17 heavy (non-hydrogen) atoms. The largest absolute Gasteiger partial charge is 0.461 e. The molecule has 0 fully saturated rings. The molecule has 0 aromatic heterocycles. The fourth-order valence-electron chi connectivity index (χ4n) is 1.28. The first-order chi connectivity index (χ1) is 7.89. The van der Waals surface area contributed by atoms with Gasteiger partial charge in [-0.2, -0.15) is 0 Å². The first kappa shape index (κ1) is 13.7. The average Bonchev–Trinajstić information content (AvgIpc) is 2.26. The molecule has 2 N–H and O–H groups in total. The van der Waals surface area contributed by atoms with Gasteiger partial charge in [-0.25, -0.2) is 0 Å². The number of ether oxygens (including phenoxy) is 1. The van der Waals surface area contributed by atoms with Crippen LogP contribution in [0.15, 0.2) is 30.3 Å². The Hall–Kier alpha value is -1.35. The van der Waals surface area contributed by atoms with Crippen LogP contribution >= 0.6 is 0 Å². The number of hydrogen-bond acceptors (Lipinski definition) is 3. The summed E-state index contributed by atoms with van der Waals surface area (Å²) in [6.07, 6.45) is 0.260. The van der Waals surface area contributed by atoms with Crippen molar-refractivity contribution >= 4 is 5.97 Å². The van der Waals surface area contributed by atoms with Crippen LogP contribution in [0.25, 0.3) is 0 Å². The van der Waals surface area contributed by atoms with Crippen LogP contribution in [0.5, 0.6) is 0 Å². The number of esters is 1. The lowest BCUT2D eigenvalue weighted by atomic mass is 9.85. The van der Waals surface area contributed by atoms with E-state index in [0.29, 0.717) is 6.61 Å². The quantitative estimate of drug-likeness (QED) is 0.816. The monoisotopic (exact) mass is 235 g/mol. The van der Waals surface area contributed by atoms with Gasteiger partial charge in [-0.3, -0.25) is 4.79 Å². The number of carbonyl (C=O) groups excluding carboxylic acids is 1. The van der Waals surface area contributed by atoms with Crippen molar-refractivity contribution in [2.24, 2.45) is 11.1 Å². The van der Waals surface area contributed by atoms with Gasteiger partial charge < -0.3 is 10.5 Å². The van der Waals surface area contributed by atoms with Crippen molar-refractivity contribution in [1.82, 2.24) is 0 Å². The van der Waals surface area contributed by atoms with Gasteiger partial charge in [-0.15, -0.1) is 0 Å². The Bertz CT molecular complexity index is 354. The molecule has 0 heterocycles. The summed E-state index contributed by atoms with van der Waals surface area (Å²) in [4.78, 5) is 11.6. The van der Waals surface area contributed by atoms with Gasteiger partial charge in [0, 0.05) is 6.04 Å². The molecule has 0 spiro atoms. The number of benzene rings is 1. The van der Waals surface area contributed by atoms with Crippen molar-refractivity contribution in [3.8, 4) is 0 Å². The minimum Gasteiger partial charge on any atom is -0.461 e. The van der Waals surface area contributed by atoms with Crippen molar-refractivity contribution in [1.29, 1.82) is 0 Å². The summed E-state index contributed by atoms with van der Waals surface area (Å²) in [6.45, 7) is 6.36. The van der Waals surface area contributed by atoms with Crippen molar-refractivity contribution in [2.45, 2.75) is 39.8 Å². The van der Waals surface area contributed by atoms with E-state index in [-0.39, 0.29) is 23.8 Å². The van der Waals surface area contributed by atoms with Crippen LogP contribution in [0.3, 0.4) is 0 Å². The summed E-state index contributed by atoms with van der Waals surface area (Å²) < 4.78 is 5.17. The normalized spacial score (nSPS) is 13.2. The summed E-state index contributed by atoms with van der Waals surface area (Å²) in [5, 5.41) is 0. The minimum absolute atomic E-state index is 0.0776. The molecular weight excluding hydrogens is 214 g/mol. The molecule has 1 unspecified atom stereocenters. The zero-order valence-electron chi connectivity index (χ0n) is 10.8. The molecule has 0 amide bonds. The summed E-state index contributed by atoms with van der Waals surface area (Å²) in [7, 11) is 0. The highest BCUT2D eigenvalue weighted by Gasteiger charge is 2.23. The lowest BCUT2D eigenvalue weighted by Gasteiger charge is -2.26. The van der Waals surface area contributed by atoms with E-state index < -0.39 is 0 Å². The fraction of sp³-hybridized carbons (Fsp3) is 0.500. The Morgan fingerprint density at radius 1 is 1.29 bits per heavy atom. The third-order valence-electron chi connectivity index (χ3n) is 2.74. The fourth-order valence-corrected chi connectivity index (χ4v) is 1.28. The van der Waals surface area contributed by atoms with E-state index >= 15 is 0 Å². The Morgan fingerprint density at radius 3 is 2.41 bits per heavy atom. The Labute approximate surface area is 103 Å². The van der Waals surface area contributed by atoms with E-state index in [4.69, 9.17) is 10.5 Å². The molecule has 0 aliphatic heterocycles. The van der Waals surface area contributed by atoms with Gasteiger partial charge >= 0.3 is 5.97 Å². The van der Waals surface area contributed by atoms with Gasteiger partial charge in [-0.1, -0.05) is 51.1 Å². The van der Waals surface area contributed by atoms with Crippen LogP contribution < -0.4 is 5.73 Å². The van der Waals surface area contributed by atoms with Gasteiger partial charge in [0.25, 0.3) is 0 Å². The smallest absolute Gasteiger partial charge is 0.307 e. The Kier molecular flexibility index (Phi) is 4.70. The zero-order valence-corrected chi connectivity index (χ0v) is 10.8. The van der Waals surface area contributed by atoms with Crippen LogP contribution in [0, 0.1) is 5.41 Å². The van der Waals surface area contributed by atoms with E-state index in [1.165, 1.54) is 0 Å². The molecule has 0 saturated carbocycles. The molecule has 1 rings (SSSR count). The first-order valence-electron chi connectivity index (χ1n) is 5.84. The number of carbonyl (C=O) groups is 1. The molecule has 3 heteroatoms. The third kappa shape index (κ3) is 5.00. The zero-order chi connectivity index (χ0) is 12.9. The molecule has 94 valence electrons. The van der Waals surface area contributed by atoms with E-state index in [2.05, 4.69) is 0 Å². The third-order valence-corrected chi connectivity index (χ3v) is 2.74. The van der Waals surface area contributed by atoms with E-state index in [9.17, 15) is 4.79 Å². The molecule has 3 nitrogen and oxygen atoms in total. The maximum Gasteiger partial charge on any atom is 0.307 e. The second kappa shape index (κ2) is 5.82. The topological polar surface area (TPSA) is 52.3 Å². The van der Waals surface area contributed by atoms with Crippen molar-refractivity contribution in [3.63, 3.8) is 0 Å². The highest BCUT2D eigenvalue weighted by Crippen LogP contribution is 2.20. The van der Waals surface area contributed by atoms with Crippen LogP contribution in [0.2, 0.25) is 0 Å². The SMILES string of the molecule is CC(C)(C)C(N)CC(=O)OCc1ccccc1. The van der Waals surface area contributed by atoms with Gasteiger partial charge in [0.2, 0.25) is 0 Å². The van der Waals surface area contributed by atoms with Gasteiger partial charge in [0.15, 0.2) is 0 Å². The predicted octanol–water partition coefficient (Wildman–Crippen LogP) is 2.49. The van der Waals surface area contributed by atoms with Crippen LogP contribution in [-0.4, -0.2) is 12.0 Å². The highest BCUT2D eigenvalue weighted by atomic mass is 16.5. The molecule has 0 bridgehead atoms. The standard InChI is InChI=1S/C14H21NO2/c1-14(2,3)12(15)9-13(16)17-10-11-7-5-4-6-8-11/h4-8,12H,9-10,15H2,1-3H3. The number of rotatable bonds is 4. The lowest BCUT2D eigenvalue weighted by Crippen LogP contribution is -2.37.